The smallest absolute Gasteiger partial charge is 0.443 e. The first-order chi connectivity index (χ1) is 18.7. The number of hydrogen-bond acceptors (Lipinski definition) is 11. The Balaban J connectivity index is 2.68. The Bertz CT molecular complexity index is 1380. The van der Waals surface area contributed by atoms with Gasteiger partial charge in [0.05, 0.1) is 11.9 Å². The summed E-state index contributed by atoms with van der Waals surface area (Å²) >= 11 is 0. The van der Waals surface area contributed by atoms with Gasteiger partial charge in [0, 0.05) is 18.2 Å². The second-order valence-electron chi connectivity index (χ2n) is 13.8. The highest BCUT2D eigenvalue weighted by Crippen LogP contribution is 2.44. The molecule has 0 unspecified atom stereocenters. The number of aromatic nitrogens is 2. The maximum absolute atomic E-state index is 13.6. The van der Waals surface area contributed by atoms with Crippen molar-refractivity contribution in [2.45, 2.75) is 110 Å². The van der Waals surface area contributed by atoms with E-state index in [2.05, 4.69) is 0 Å². The highest BCUT2D eigenvalue weighted by atomic mass is 32.2. The van der Waals surface area contributed by atoms with Gasteiger partial charge in [-0.1, -0.05) is 20.8 Å². The molecule has 4 atom stereocenters. The molecule has 1 aromatic heterocycles. The third-order valence-corrected chi connectivity index (χ3v) is 12.1. The molecule has 42 heavy (non-hydrogen) atoms. The van der Waals surface area contributed by atoms with Crippen LogP contribution in [0.15, 0.2) is 21.9 Å². The largest absolute Gasteiger partial charge is 0.508 e. The van der Waals surface area contributed by atoms with Crippen LogP contribution in [-0.2, 0) is 33.4 Å². The van der Waals surface area contributed by atoms with Crippen molar-refractivity contribution in [3.63, 3.8) is 0 Å². The zero-order valence-corrected chi connectivity index (χ0v) is 28.1. The fraction of sp³-hybridized carbons (Fsp3) is 0.769. The van der Waals surface area contributed by atoms with Crippen molar-refractivity contribution in [3.8, 4) is 0 Å². The van der Waals surface area contributed by atoms with E-state index >= 15 is 0 Å². The lowest BCUT2D eigenvalue weighted by atomic mass is 10.0. The number of carbonyl (C=O) groups excluding carboxylic acids is 2. The summed E-state index contributed by atoms with van der Waals surface area (Å²) < 4.78 is 54.5. The summed E-state index contributed by atoms with van der Waals surface area (Å²) in [5.74, 6) is -1.65. The van der Waals surface area contributed by atoms with Crippen LogP contribution in [0, 0.1) is 5.92 Å². The number of ether oxygens (including phenoxy) is 4. The SMILES string of the molecule is CC(C)(C)OC(=O)OC[C@H]1O[C@@H](n2ccc(=O)n(C(=O)OC(C)(C)C)c2=O)[C@H](O[Si](C)(C)C(C)(C)C)[C@@H]1CS(N)(=O)=O. The van der Waals surface area contributed by atoms with Gasteiger partial charge < -0.3 is 23.4 Å². The van der Waals surface area contributed by atoms with Crippen LogP contribution in [0.4, 0.5) is 9.59 Å². The number of nitrogens with zero attached hydrogens (tertiary/aromatic N) is 2. The molecule has 1 aliphatic heterocycles. The molecule has 0 spiro atoms. The summed E-state index contributed by atoms with van der Waals surface area (Å²) in [6.45, 7) is 19.0. The van der Waals surface area contributed by atoms with E-state index in [1.165, 1.54) is 0 Å². The lowest BCUT2D eigenvalue weighted by Crippen LogP contribution is -2.51. The van der Waals surface area contributed by atoms with E-state index in [9.17, 15) is 27.6 Å². The van der Waals surface area contributed by atoms with Crippen LogP contribution in [0.3, 0.4) is 0 Å². The molecule has 1 fully saturated rings. The first-order valence-corrected chi connectivity index (χ1v) is 18.1. The van der Waals surface area contributed by atoms with Crippen LogP contribution in [0.25, 0.3) is 0 Å². The van der Waals surface area contributed by atoms with E-state index in [-0.39, 0.29) is 5.04 Å². The van der Waals surface area contributed by atoms with Gasteiger partial charge in [0.25, 0.3) is 5.56 Å². The molecule has 0 aromatic carbocycles. The summed E-state index contributed by atoms with van der Waals surface area (Å²) in [6, 6.07) is 0.983. The number of rotatable bonds is 7. The molecule has 240 valence electrons. The van der Waals surface area contributed by atoms with E-state index in [1.54, 1.807) is 41.5 Å². The van der Waals surface area contributed by atoms with Crippen molar-refractivity contribution in [1.82, 2.24) is 9.13 Å². The molecule has 0 radical (unpaired) electrons. The minimum Gasteiger partial charge on any atom is -0.443 e. The molecule has 2 N–H and O–H groups in total. The maximum atomic E-state index is 13.6. The molecular formula is C26H45N3O11SSi. The average molecular weight is 636 g/mol. The topological polar surface area (TPSA) is 184 Å². The summed E-state index contributed by atoms with van der Waals surface area (Å²) in [7, 11) is -6.82. The molecule has 16 heteroatoms. The Morgan fingerprint density at radius 1 is 1.00 bits per heavy atom. The highest BCUT2D eigenvalue weighted by molar-refractivity contribution is 7.89. The van der Waals surface area contributed by atoms with Gasteiger partial charge in [-0.2, -0.15) is 4.57 Å². The van der Waals surface area contributed by atoms with Crippen molar-refractivity contribution < 1.29 is 41.4 Å². The predicted octanol–water partition coefficient (Wildman–Crippen LogP) is 2.94. The Hall–Kier alpha value is -2.53. The van der Waals surface area contributed by atoms with E-state index in [4.69, 9.17) is 28.5 Å². The van der Waals surface area contributed by atoms with Gasteiger partial charge in [0.1, 0.15) is 23.9 Å². The van der Waals surface area contributed by atoms with Crippen molar-refractivity contribution >= 4 is 30.6 Å². The molecule has 14 nitrogen and oxygen atoms in total. The lowest BCUT2D eigenvalue weighted by Gasteiger charge is -2.40. The van der Waals surface area contributed by atoms with Crippen molar-refractivity contribution in [2.75, 3.05) is 12.4 Å². The first-order valence-electron chi connectivity index (χ1n) is 13.5. The van der Waals surface area contributed by atoms with Crippen LogP contribution in [0.5, 0.6) is 0 Å². The van der Waals surface area contributed by atoms with E-state index in [1.807, 2.05) is 33.9 Å². The Morgan fingerprint density at radius 2 is 1.55 bits per heavy atom. The normalized spacial score (nSPS) is 22.1. The van der Waals surface area contributed by atoms with Crippen LogP contribution in [0.1, 0.15) is 68.5 Å². The van der Waals surface area contributed by atoms with Gasteiger partial charge in [0.2, 0.25) is 10.0 Å². The lowest BCUT2D eigenvalue weighted by molar-refractivity contribution is -0.0684. The molecule has 0 bridgehead atoms. The number of hydrogen-bond donors (Lipinski definition) is 1. The minimum absolute atomic E-state index is 0.317. The van der Waals surface area contributed by atoms with Crippen molar-refractivity contribution in [2.24, 2.45) is 11.1 Å². The van der Waals surface area contributed by atoms with Gasteiger partial charge in [-0.3, -0.25) is 9.36 Å². The maximum Gasteiger partial charge on any atom is 0.508 e. The molecule has 2 rings (SSSR count). The fourth-order valence-corrected chi connectivity index (χ4v) is 6.16. The molecule has 1 aliphatic rings. The van der Waals surface area contributed by atoms with Gasteiger partial charge in [-0.05, 0) is 59.7 Å². The predicted molar refractivity (Wildman–Crippen MR) is 156 cm³/mol. The van der Waals surface area contributed by atoms with Gasteiger partial charge in [-0.25, -0.2) is 27.9 Å². The summed E-state index contributed by atoms with van der Waals surface area (Å²) in [6.07, 6.45) is -4.65. The molecule has 0 amide bonds. The van der Waals surface area contributed by atoms with E-state index < -0.39 is 89.8 Å². The summed E-state index contributed by atoms with van der Waals surface area (Å²) in [5, 5.41) is 5.10. The molecule has 0 saturated carbocycles. The number of sulfonamides is 1. The second-order valence-corrected chi connectivity index (χ2v) is 20.3. The molecule has 1 saturated heterocycles. The zero-order chi connectivity index (χ0) is 32.6. The fourth-order valence-electron chi connectivity index (χ4n) is 3.89. The standard InChI is InChI=1S/C26H45N3O11SSi/c1-24(2,3)38-22(32)29-18(30)12-13-28(21(29)31)20-19(40-42(10,11)26(7,8)9)16(15-41(27,34)35)17(37-20)14-36-23(33)39-25(4,5)6/h12-13,16-17,19-20H,14-15H2,1-11H3,(H2,27,34,35)/t16-,17-,19-,20-/m1/s1. The monoisotopic (exact) mass is 635 g/mol. The Labute approximate surface area is 247 Å². The Morgan fingerprint density at radius 3 is 2.02 bits per heavy atom. The van der Waals surface area contributed by atoms with Crippen LogP contribution < -0.4 is 16.4 Å². The minimum atomic E-state index is -4.13. The highest BCUT2D eigenvalue weighted by Gasteiger charge is 2.52. The second kappa shape index (κ2) is 12.2. The molecule has 0 aliphatic carbocycles. The number of primary sulfonamides is 1. The quantitative estimate of drug-likeness (QED) is 0.343. The van der Waals surface area contributed by atoms with Crippen LogP contribution >= 0.6 is 0 Å². The third kappa shape index (κ3) is 9.49. The number of nitrogens with two attached hydrogens (primary N) is 1. The first kappa shape index (κ1) is 35.7. The van der Waals surface area contributed by atoms with Gasteiger partial charge in [0.15, 0.2) is 14.5 Å². The average Bonchev–Trinajstić information content (AvgIpc) is 3.04. The molecule has 2 heterocycles. The third-order valence-electron chi connectivity index (χ3n) is 6.77. The molecular weight excluding hydrogens is 590 g/mol. The van der Waals surface area contributed by atoms with Crippen molar-refractivity contribution in [1.29, 1.82) is 0 Å². The van der Waals surface area contributed by atoms with E-state index in [0.29, 0.717) is 4.57 Å². The summed E-state index contributed by atoms with van der Waals surface area (Å²) in [4.78, 5) is 51.3. The van der Waals surface area contributed by atoms with E-state index in [0.717, 1.165) is 16.8 Å². The number of carbonyl (C=O) groups is 2. The summed E-state index contributed by atoms with van der Waals surface area (Å²) in [5.41, 5.74) is -3.89. The van der Waals surface area contributed by atoms with Gasteiger partial charge in [-0.15, -0.1) is 0 Å². The van der Waals surface area contributed by atoms with Crippen LogP contribution in [-0.4, -0.2) is 73.9 Å². The molecule has 1 aromatic rings. The van der Waals surface area contributed by atoms with Crippen LogP contribution in [0.2, 0.25) is 18.1 Å². The Kier molecular flexibility index (Phi) is 10.4. The van der Waals surface area contributed by atoms with Gasteiger partial charge >= 0.3 is 17.9 Å². The zero-order valence-electron chi connectivity index (χ0n) is 26.2. The van der Waals surface area contributed by atoms with Crippen molar-refractivity contribution in [3.05, 3.63) is 33.1 Å².